The van der Waals surface area contributed by atoms with Gasteiger partial charge in [-0.3, -0.25) is 4.79 Å². The third kappa shape index (κ3) is 4.30. The van der Waals surface area contributed by atoms with Crippen molar-refractivity contribution in [1.29, 1.82) is 0 Å². The van der Waals surface area contributed by atoms with Crippen molar-refractivity contribution in [3.63, 3.8) is 0 Å². The van der Waals surface area contributed by atoms with E-state index in [0.29, 0.717) is 35.2 Å². The number of rotatable bonds is 7. The summed E-state index contributed by atoms with van der Waals surface area (Å²) in [5.74, 6) is 1.29. The van der Waals surface area contributed by atoms with E-state index in [9.17, 15) is 4.79 Å². The lowest BCUT2D eigenvalue weighted by molar-refractivity contribution is 0.103. The number of nitrogens with one attached hydrogen (secondary N) is 1. The highest BCUT2D eigenvalue weighted by molar-refractivity contribution is 7.29. The standard InChI is InChI=1S/C23H20N4O3S2/c1-14-24-17-12-15(8-9-18(17)30-14)25-21(28)19-13-20-22(31-19)26-23(32-20)27(2)10-11-29-16-6-4-3-5-7-16/h3-9,12-13H,10-11H2,1-2H3,(H,25,28). The highest BCUT2D eigenvalue weighted by Crippen LogP contribution is 2.34. The Hall–Kier alpha value is -3.43. The van der Waals surface area contributed by atoms with Crippen molar-refractivity contribution in [2.24, 2.45) is 0 Å². The quantitative estimate of drug-likeness (QED) is 0.339. The molecule has 0 fully saturated rings. The molecule has 0 unspecified atom stereocenters. The molecule has 162 valence electrons. The first-order valence-corrected chi connectivity index (χ1v) is 11.7. The lowest BCUT2D eigenvalue weighted by atomic mass is 10.3. The number of ether oxygens (including phenoxy) is 1. The van der Waals surface area contributed by atoms with Crippen molar-refractivity contribution >= 4 is 60.0 Å². The van der Waals surface area contributed by atoms with Crippen LogP contribution in [0.5, 0.6) is 5.75 Å². The number of nitrogens with zero attached hydrogens (tertiary/aromatic N) is 3. The van der Waals surface area contributed by atoms with E-state index < -0.39 is 0 Å². The Labute approximate surface area is 192 Å². The lowest BCUT2D eigenvalue weighted by Gasteiger charge is -2.15. The summed E-state index contributed by atoms with van der Waals surface area (Å²) in [5.41, 5.74) is 2.10. The minimum absolute atomic E-state index is 0.161. The van der Waals surface area contributed by atoms with Crippen LogP contribution in [-0.2, 0) is 0 Å². The van der Waals surface area contributed by atoms with Gasteiger partial charge in [0.1, 0.15) is 22.7 Å². The molecule has 0 saturated carbocycles. The summed E-state index contributed by atoms with van der Waals surface area (Å²) in [4.78, 5) is 25.3. The van der Waals surface area contributed by atoms with Gasteiger partial charge in [0.05, 0.1) is 16.1 Å². The van der Waals surface area contributed by atoms with Crippen molar-refractivity contribution in [3.8, 4) is 5.75 Å². The summed E-state index contributed by atoms with van der Waals surface area (Å²) >= 11 is 2.95. The molecule has 0 saturated heterocycles. The van der Waals surface area contributed by atoms with Gasteiger partial charge in [0.2, 0.25) is 0 Å². The van der Waals surface area contributed by atoms with Crippen LogP contribution in [0.15, 0.2) is 59.0 Å². The molecule has 7 nitrogen and oxygen atoms in total. The first-order valence-electron chi connectivity index (χ1n) is 10.0. The second kappa shape index (κ2) is 8.60. The molecule has 0 radical (unpaired) electrons. The van der Waals surface area contributed by atoms with E-state index in [-0.39, 0.29) is 5.91 Å². The SMILES string of the molecule is Cc1nc2cc(NC(=O)c3cc4sc(N(C)CCOc5ccccc5)nc4s3)ccc2o1. The zero-order chi connectivity index (χ0) is 22.1. The maximum Gasteiger partial charge on any atom is 0.265 e. The largest absolute Gasteiger partial charge is 0.492 e. The summed E-state index contributed by atoms with van der Waals surface area (Å²) in [7, 11) is 1.99. The first kappa shape index (κ1) is 20.5. The van der Waals surface area contributed by atoms with E-state index in [1.807, 2.05) is 61.6 Å². The molecule has 0 atom stereocenters. The minimum atomic E-state index is -0.161. The zero-order valence-corrected chi connectivity index (χ0v) is 19.1. The highest BCUT2D eigenvalue weighted by atomic mass is 32.1. The van der Waals surface area contributed by atoms with E-state index in [0.717, 1.165) is 25.9 Å². The fraction of sp³-hybridized carbons (Fsp3) is 0.174. The number of thiophene rings is 1. The molecule has 0 spiro atoms. The van der Waals surface area contributed by atoms with Crippen LogP contribution < -0.4 is 15.0 Å². The van der Waals surface area contributed by atoms with Gasteiger partial charge in [-0.15, -0.1) is 11.3 Å². The number of aromatic nitrogens is 2. The Bertz CT molecular complexity index is 1360. The lowest BCUT2D eigenvalue weighted by Crippen LogP contribution is -2.23. The summed E-state index contributed by atoms with van der Waals surface area (Å²) in [5, 5.41) is 3.84. The topological polar surface area (TPSA) is 80.5 Å². The van der Waals surface area contributed by atoms with Crippen LogP contribution >= 0.6 is 22.7 Å². The number of oxazole rings is 1. The van der Waals surface area contributed by atoms with E-state index in [1.165, 1.54) is 11.3 Å². The number of carbonyl (C=O) groups is 1. The molecule has 0 aliphatic heterocycles. The van der Waals surface area contributed by atoms with Crippen LogP contribution in [0.4, 0.5) is 10.8 Å². The molecule has 9 heteroatoms. The summed E-state index contributed by atoms with van der Waals surface area (Å²) in [6.45, 7) is 3.08. The Kier molecular flexibility index (Phi) is 5.50. The van der Waals surface area contributed by atoms with Crippen molar-refractivity contribution in [2.75, 3.05) is 30.4 Å². The van der Waals surface area contributed by atoms with Crippen LogP contribution in [0, 0.1) is 6.92 Å². The fourth-order valence-corrected chi connectivity index (χ4v) is 5.32. The molecule has 0 aliphatic rings. The predicted molar refractivity (Wildman–Crippen MR) is 129 cm³/mol. The van der Waals surface area contributed by atoms with Gasteiger partial charge in [0, 0.05) is 19.7 Å². The predicted octanol–water partition coefficient (Wildman–Crippen LogP) is 5.57. The average molecular weight is 465 g/mol. The third-order valence-electron chi connectivity index (χ3n) is 4.82. The highest BCUT2D eigenvalue weighted by Gasteiger charge is 2.16. The number of thiazole rings is 1. The van der Waals surface area contributed by atoms with Gasteiger partial charge < -0.3 is 19.4 Å². The number of amides is 1. The third-order valence-corrected chi connectivity index (χ3v) is 7.09. The molecule has 0 aliphatic carbocycles. The molecule has 32 heavy (non-hydrogen) atoms. The Morgan fingerprint density at radius 1 is 1.12 bits per heavy atom. The second-order valence-corrected chi connectivity index (χ2v) is 9.27. The van der Waals surface area contributed by atoms with E-state index >= 15 is 0 Å². The summed E-state index contributed by atoms with van der Waals surface area (Å²) in [6.07, 6.45) is 0. The van der Waals surface area contributed by atoms with Crippen molar-refractivity contribution in [2.45, 2.75) is 6.92 Å². The number of hydrogen-bond acceptors (Lipinski definition) is 8. The van der Waals surface area contributed by atoms with Gasteiger partial charge in [0.25, 0.3) is 5.91 Å². The van der Waals surface area contributed by atoms with Gasteiger partial charge >= 0.3 is 0 Å². The van der Waals surface area contributed by atoms with Gasteiger partial charge in [-0.25, -0.2) is 9.97 Å². The monoisotopic (exact) mass is 464 g/mol. The number of para-hydroxylation sites is 1. The average Bonchev–Trinajstić information content (AvgIpc) is 3.46. The van der Waals surface area contributed by atoms with Crippen LogP contribution in [-0.4, -0.2) is 36.1 Å². The molecule has 3 aromatic heterocycles. The normalized spacial score (nSPS) is 11.2. The molecule has 2 aromatic carbocycles. The van der Waals surface area contributed by atoms with Gasteiger partial charge in [0.15, 0.2) is 16.6 Å². The first-order chi connectivity index (χ1) is 15.5. The smallest absolute Gasteiger partial charge is 0.265 e. The molecular weight excluding hydrogens is 444 g/mol. The van der Waals surface area contributed by atoms with Crippen molar-refractivity contribution < 1.29 is 13.9 Å². The van der Waals surface area contributed by atoms with Gasteiger partial charge in [-0.1, -0.05) is 29.5 Å². The number of aryl methyl sites for hydroxylation is 1. The molecule has 1 N–H and O–H groups in total. The molecule has 5 aromatic rings. The number of fused-ring (bicyclic) bond motifs is 2. The van der Waals surface area contributed by atoms with Crippen molar-refractivity contribution in [3.05, 3.63) is 65.4 Å². The van der Waals surface area contributed by atoms with Gasteiger partial charge in [-0.05, 0) is 36.4 Å². The molecule has 0 bridgehead atoms. The molecule has 3 heterocycles. The number of carbonyl (C=O) groups excluding carboxylic acids is 1. The number of anilines is 2. The minimum Gasteiger partial charge on any atom is -0.492 e. The molecule has 1 amide bonds. The van der Waals surface area contributed by atoms with Crippen molar-refractivity contribution in [1.82, 2.24) is 9.97 Å². The van der Waals surface area contributed by atoms with E-state index in [2.05, 4.69) is 15.2 Å². The molecule has 5 rings (SSSR count). The zero-order valence-electron chi connectivity index (χ0n) is 17.5. The Balaban J connectivity index is 1.23. The maximum atomic E-state index is 12.7. The summed E-state index contributed by atoms with van der Waals surface area (Å²) < 4.78 is 12.2. The second-order valence-electron chi connectivity index (χ2n) is 7.23. The summed E-state index contributed by atoms with van der Waals surface area (Å²) in [6, 6.07) is 17.1. The number of likely N-dealkylation sites (N-methyl/N-ethyl adjacent to an activating group) is 1. The van der Waals surface area contributed by atoms with Crippen LogP contribution in [0.3, 0.4) is 0 Å². The Morgan fingerprint density at radius 2 is 1.97 bits per heavy atom. The van der Waals surface area contributed by atoms with Crippen LogP contribution in [0.25, 0.3) is 20.6 Å². The number of benzene rings is 2. The van der Waals surface area contributed by atoms with E-state index in [4.69, 9.17) is 14.1 Å². The number of hydrogen-bond donors (Lipinski definition) is 1. The maximum absolute atomic E-state index is 12.7. The van der Waals surface area contributed by atoms with Crippen LogP contribution in [0.2, 0.25) is 0 Å². The van der Waals surface area contributed by atoms with Gasteiger partial charge in [-0.2, -0.15) is 0 Å². The fourth-order valence-electron chi connectivity index (χ4n) is 3.22. The molecular formula is C23H20N4O3S2. The van der Waals surface area contributed by atoms with Crippen LogP contribution in [0.1, 0.15) is 15.6 Å². The Morgan fingerprint density at radius 3 is 2.78 bits per heavy atom. The van der Waals surface area contributed by atoms with E-state index in [1.54, 1.807) is 18.3 Å².